The molecular weight excluding hydrogens is 186 g/mol. The van der Waals surface area contributed by atoms with Crippen LogP contribution in [0.25, 0.3) is 5.52 Å². The lowest BCUT2D eigenvalue weighted by Gasteiger charge is -1.95. The van der Waals surface area contributed by atoms with Gasteiger partial charge in [0.15, 0.2) is 5.56 Å². The summed E-state index contributed by atoms with van der Waals surface area (Å²) in [6.07, 6.45) is 0. The average Bonchev–Trinajstić information content (AvgIpc) is 2.42. The summed E-state index contributed by atoms with van der Waals surface area (Å²) in [5, 5.41) is 8.77. The van der Waals surface area contributed by atoms with Crippen molar-refractivity contribution in [2.24, 2.45) is 0 Å². The second-order valence-corrected chi connectivity index (χ2v) is 2.91. The number of aromatic nitrogens is 1. The lowest BCUT2D eigenvalue weighted by atomic mass is 10.2. The highest BCUT2D eigenvalue weighted by Gasteiger charge is 2.18. The van der Waals surface area contributed by atoms with Gasteiger partial charge in [-0.25, -0.2) is 9.59 Å². The van der Waals surface area contributed by atoms with Crippen LogP contribution in [0.4, 0.5) is 0 Å². The first-order valence-electron chi connectivity index (χ1n) is 3.96. The Morgan fingerprint density at radius 2 is 2.21 bits per heavy atom. The number of aromatic carboxylic acids is 1. The predicted molar refractivity (Wildman–Crippen MR) is 47.6 cm³/mol. The molecule has 0 aliphatic carbocycles. The number of hydrogen-bond acceptors (Lipinski definition) is 3. The van der Waals surface area contributed by atoms with Gasteiger partial charge in [0.2, 0.25) is 0 Å². The molecule has 0 saturated carbocycles. The van der Waals surface area contributed by atoms with E-state index in [1.54, 1.807) is 19.1 Å². The molecule has 72 valence electrons. The average molecular weight is 193 g/mol. The first kappa shape index (κ1) is 8.55. The molecule has 1 N–H and O–H groups in total. The minimum absolute atomic E-state index is 0.280. The Hall–Kier alpha value is -2.04. The van der Waals surface area contributed by atoms with Gasteiger partial charge in [0.1, 0.15) is 5.52 Å². The zero-order chi connectivity index (χ0) is 10.3. The number of aryl methyl sites for hydroxylation is 1. The molecule has 5 heteroatoms. The van der Waals surface area contributed by atoms with Crippen LogP contribution >= 0.6 is 0 Å². The Morgan fingerprint density at radius 3 is 2.86 bits per heavy atom. The van der Waals surface area contributed by atoms with E-state index in [1.807, 2.05) is 0 Å². The molecule has 0 spiro atoms. The summed E-state index contributed by atoms with van der Waals surface area (Å²) in [4.78, 5) is 21.9. The minimum atomic E-state index is -1.27. The topological polar surface area (TPSA) is 71.9 Å². The van der Waals surface area contributed by atoms with E-state index in [-0.39, 0.29) is 11.1 Å². The SMILES string of the molecule is Cc1cccc2c(C(=O)O)c(=O)on12. The maximum atomic E-state index is 11.2. The monoisotopic (exact) mass is 193 g/mol. The summed E-state index contributed by atoms with van der Waals surface area (Å²) in [7, 11) is 0. The van der Waals surface area contributed by atoms with Gasteiger partial charge < -0.3 is 9.63 Å². The molecule has 0 saturated heterocycles. The second kappa shape index (κ2) is 2.73. The summed E-state index contributed by atoms with van der Waals surface area (Å²) in [6, 6.07) is 4.93. The third kappa shape index (κ3) is 1.02. The normalized spacial score (nSPS) is 10.6. The Labute approximate surface area is 78.2 Å². The number of carboxylic acids is 1. The van der Waals surface area contributed by atoms with Crippen LogP contribution in [-0.2, 0) is 0 Å². The van der Waals surface area contributed by atoms with Crippen molar-refractivity contribution in [3.05, 3.63) is 39.9 Å². The quantitative estimate of drug-likeness (QED) is 0.730. The molecule has 0 amide bonds. The van der Waals surface area contributed by atoms with E-state index >= 15 is 0 Å². The number of fused-ring (bicyclic) bond motifs is 1. The van der Waals surface area contributed by atoms with Gasteiger partial charge in [-0.2, -0.15) is 4.57 Å². The van der Waals surface area contributed by atoms with Crippen molar-refractivity contribution in [1.29, 1.82) is 0 Å². The fourth-order valence-electron chi connectivity index (χ4n) is 1.34. The van der Waals surface area contributed by atoms with Crippen molar-refractivity contribution in [3.8, 4) is 0 Å². The Balaban J connectivity index is 2.98. The minimum Gasteiger partial charge on any atom is -0.477 e. The molecule has 2 heterocycles. The number of carbonyl (C=O) groups is 1. The van der Waals surface area contributed by atoms with E-state index in [4.69, 9.17) is 9.63 Å². The Kier molecular flexibility index (Phi) is 1.67. The Bertz CT molecular complexity index is 564. The standard InChI is InChI=1S/C9H7NO4/c1-5-3-2-4-6-7(8(11)12)9(13)14-10(5)6/h2-4H,1H3,(H,11,12). The summed E-state index contributed by atoms with van der Waals surface area (Å²) >= 11 is 0. The van der Waals surface area contributed by atoms with Crippen LogP contribution in [0.3, 0.4) is 0 Å². The third-order valence-electron chi connectivity index (χ3n) is 1.98. The highest BCUT2D eigenvalue weighted by molar-refractivity contribution is 5.94. The largest absolute Gasteiger partial charge is 0.477 e. The van der Waals surface area contributed by atoms with Crippen molar-refractivity contribution in [2.75, 3.05) is 0 Å². The number of nitrogens with zero attached hydrogens (tertiary/aromatic N) is 1. The highest BCUT2D eigenvalue weighted by atomic mass is 16.5. The summed E-state index contributed by atoms with van der Waals surface area (Å²) in [5.41, 5.74) is -0.199. The fourth-order valence-corrected chi connectivity index (χ4v) is 1.34. The molecule has 2 aromatic heterocycles. The Morgan fingerprint density at radius 1 is 1.50 bits per heavy atom. The van der Waals surface area contributed by atoms with Gasteiger partial charge in [-0.15, -0.1) is 0 Å². The number of hydrogen-bond donors (Lipinski definition) is 1. The zero-order valence-corrected chi connectivity index (χ0v) is 7.35. The van der Waals surface area contributed by atoms with Crippen molar-refractivity contribution in [3.63, 3.8) is 0 Å². The van der Waals surface area contributed by atoms with Crippen molar-refractivity contribution in [1.82, 2.24) is 4.57 Å². The van der Waals surface area contributed by atoms with E-state index in [1.165, 1.54) is 10.6 Å². The fraction of sp³-hybridized carbons (Fsp3) is 0.111. The van der Waals surface area contributed by atoms with Crippen molar-refractivity contribution < 1.29 is 14.4 Å². The molecule has 0 aliphatic rings. The van der Waals surface area contributed by atoms with Crippen LogP contribution in [0.5, 0.6) is 0 Å². The number of pyridine rings is 1. The van der Waals surface area contributed by atoms with Crippen molar-refractivity contribution >= 4 is 11.5 Å². The van der Waals surface area contributed by atoms with E-state index in [0.717, 1.165) is 0 Å². The van der Waals surface area contributed by atoms with Gasteiger partial charge >= 0.3 is 11.6 Å². The van der Waals surface area contributed by atoms with Gasteiger partial charge in [-0.3, -0.25) is 0 Å². The van der Waals surface area contributed by atoms with Gasteiger partial charge in [-0.1, -0.05) is 6.07 Å². The zero-order valence-electron chi connectivity index (χ0n) is 7.35. The highest BCUT2D eigenvalue weighted by Crippen LogP contribution is 2.10. The van der Waals surface area contributed by atoms with Crippen LogP contribution in [-0.4, -0.2) is 15.6 Å². The van der Waals surface area contributed by atoms with Gasteiger partial charge in [0.25, 0.3) is 0 Å². The maximum absolute atomic E-state index is 11.2. The molecule has 2 aromatic rings. The number of carboxylic acid groups (broad SMARTS) is 1. The van der Waals surface area contributed by atoms with Gasteiger partial charge in [-0.05, 0) is 19.1 Å². The molecule has 0 fully saturated rings. The molecular formula is C9H7NO4. The summed E-state index contributed by atoms with van der Waals surface area (Å²) in [6.45, 7) is 1.72. The van der Waals surface area contributed by atoms with Crippen LogP contribution < -0.4 is 5.63 Å². The molecule has 2 rings (SSSR count). The van der Waals surface area contributed by atoms with E-state index in [2.05, 4.69) is 0 Å². The van der Waals surface area contributed by atoms with E-state index in [0.29, 0.717) is 5.69 Å². The smallest absolute Gasteiger partial charge is 0.373 e. The predicted octanol–water partition coefficient (Wildman–Crippen LogP) is 0.899. The van der Waals surface area contributed by atoms with E-state index < -0.39 is 11.6 Å². The molecule has 0 aliphatic heterocycles. The molecule has 0 unspecified atom stereocenters. The molecule has 14 heavy (non-hydrogen) atoms. The van der Waals surface area contributed by atoms with Crippen molar-refractivity contribution in [2.45, 2.75) is 6.92 Å². The molecule has 5 nitrogen and oxygen atoms in total. The van der Waals surface area contributed by atoms with Crippen LogP contribution in [0.1, 0.15) is 16.1 Å². The van der Waals surface area contributed by atoms with Crippen LogP contribution in [0.2, 0.25) is 0 Å². The molecule has 0 aromatic carbocycles. The number of rotatable bonds is 1. The first-order valence-corrected chi connectivity index (χ1v) is 3.96. The summed E-state index contributed by atoms with van der Waals surface area (Å²) < 4.78 is 5.99. The molecule has 0 atom stereocenters. The van der Waals surface area contributed by atoms with E-state index in [9.17, 15) is 9.59 Å². The second-order valence-electron chi connectivity index (χ2n) is 2.91. The van der Waals surface area contributed by atoms with Gasteiger partial charge in [0.05, 0.1) is 5.69 Å². The lowest BCUT2D eigenvalue weighted by Crippen LogP contribution is -2.08. The summed E-state index contributed by atoms with van der Waals surface area (Å²) in [5.74, 6) is -1.27. The van der Waals surface area contributed by atoms with Gasteiger partial charge in [0, 0.05) is 0 Å². The first-order chi connectivity index (χ1) is 6.61. The third-order valence-corrected chi connectivity index (χ3v) is 1.98. The van der Waals surface area contributed by atoms with Crippen LogP contribution in [0, 0.1) is 6.92 Å². The van der Waals surface area contributed by atoms with Crippen LogP contribution in [0.15, 0.2) is 27.5 Å². The molecule has 0 radical (unpaired) electrons. The maximum Gasteiger partial charge on any atom is 0.373 e. The molecule has 0 bridgehead atoms. The lowest BCUT2D eigenvalue weighted by molar-refractivity contribution is 0.0696.